The first-order valence-electron chi connectivity index (χ1n) is 4.03. The molecule has 0 bridgehead atoms. The lowest BCUT2D eigenvalue weighted by atomic mass is 9.92. The molecular weight excluding hydrogens is 134 g/mol. The first kappa shape index (κ1) is 8.07. The van der Waals surface area contributed by atoms with Crippen molar-refractivity contribution in [2.45, 2.75) is 26.7 Å². The van der Waals surface area contributed by atoms with E-state index in [0.717, 1.165) is 18.4 Å². The highest BCUT2D eigenvalue weighted by Gasteiger charge is 2.07. The maximum Gasteiger partial charge on any atom is 0.0947 e. The Morgan fingerprint density at radius 2 is 2.09 bits per heavy atom. The zero-order chi connectivity index (χ0) is 8.27. The summed E-state index contributed by atoms with van der Waals surface area (Å²) < 4.78 is 0. The van der Waals surface area contributed by atoms with E-state index in [1.807, 2.05) is 6.08 Å². The Labute approximate surface area is 68.0 Å². The molecule has 1 nitrogen and oxygen atoms in total. The van der Waals surface area contributed by atoms with Gasteiger partial charge >= 0.3 is 0 Å². The zero-order valence-corrected chi connectivity index (χ0v) is 7.09. The van der Waals surface area contributed by atoms with Crippen molar-refractivity contribution in [1.29, 1.82) is 5.26 Å². The van der Waals surface area contributed by atoms with Gasteiger partial charge in [0.15, 0.2) is 0 Å². The van der Waals surface area contributed by atoms with Gasteiger partial charge in [0.2, 0.25) is 0 Å². The minimum atomic E-state index is 0.631. The van der Waals surface area contributed by atoms with E-state index >= 15 is 0 Å². The smallest absolute Gasteiger partial charge is 0.0947 e. The van der Waals surface area contributed by atoms with Crippen LogP contribution in [0.1, 0.15) is 26.7 Å². The van der Waals surface area contributed by atoms with E-state index in [2.05, 4.69) is 26.0 Å². The van der Waals surface area contributed by atoms with Crippen LogP contribution >= 0.6 is 0 Å². The molecule has 0 aromatic carbocycles. The Balaban J connectivity index is 2.71. The molecule has 0 aromatic heterocycles. The number of hydrogen-bond donors (Lipinski definition) is 0. The van der Waals surface area contributed by atoms with E-state index in [1.54, 1.807) is 0 Å². The van der Waals surface area contributed by atoms with Crippen molar-refractivity contribution in [2.75, 3.05) is 0 Å². The summed E-state index contributed by atoms with van der Waals surface area (Å²) in [7, 11) is 0. The fraction of sp³-hybridized carbons (Fsp3) is 0.500. The summed E-state index contributed by atoms with van der Waals surface area (Å²) >= 11 is 0. The van der Waals surface area contributed by atoms with Gasteiger partial charge in [-0.3, -0.25) is 0 Å². The number of nitrogens with zero attached hydrogens (tertiary/aromatic N) is 1. The van der Waals surface area contributed by atoms with Crippen LogP contribution in [0.5, 0.6) is 0 Å². The van der Waals surface area contributed by atoms with Gasteiger partial charge < -0.3 is 0 Å². The summed E-state index contributed by atoms with van der Waals surface area (Å²) in [6, 6.07) is 2.18. The molecule has 1 rings (SSSR count). The van der Waals surface area contributed by atoms with E-state index in [9.17, 15) is 0 Å². The van der Waals surface area contributed by atoms with Gasteiger partial charge in [-0.05, 0) is 24.8 Å². The largest absolute Gasteiger partial charge is 0.193 e. The lowest BCUT2D eigenvalue weighted by Crippen LogP contribution is -1.98. The molecular formula is C10H13N. The minimum absolute atomic E-state index is 0.631. The van der Waals surface area contributed by atoms with E-state index in [1.165, 1.54) is 5.57 Å². The monoisotopic (exact) mass is 147 g/mol. The third-order valence-electron chi connectivity index (χ3n) is 2.07. The van der Waals surface area contributed by atoms with Crippen molar-refractivity contribution in [3.05, 3.63) is 23.3 Å². The third-order valence-corrected chi connectivity index (χ3v) is 2.07. The predicted octanol–water partition coefficient (Wildman–Crippen LogP) is 2.81. The van der Waals surface area contributed by atoms with Crippen molar-refractivity contribution in [3.63, 3.8) is 0 Å². The average Bonchev–Trinajstić information content (AvgIpc) is 2.05. The van der Waals surface area contributed by atoms with Crippen LogP contribution in [0.4, 0.5) is 0 Å². The first-order valence-corrected chi connectivity index (χ1v) is 4.03. The molecule has 58 valence electrons. The van der Waals surface area contributed by atoms with E-state index < -0.39 is 0 Å². The Hall–Kier alpha value is -1.03. The Bertz CT molecular complexity index is 238. The quantitative estimate of drug-likeness (QED) is 0.559. The fourth-order valence-corrected chi connectivity index (χ4v) is 1.23. The van der Waals surface area contributed by atoms with E-state index in [4.69, 9.17) is 5.26 Å². The highest BCUT2D eigenvalue weighted by Crippen LogP contribution is 2.23. The number of allylic oxidation sites excluding steroid dienone is 4. The van der Waals surface area contributed by atoms with Crippen LogP contribution in [0.2, 0.25) is 0 Å². The lowest BCUT2D eigenvalue weighted by molar-refractivity contribution is 0.704. The van der Waals surface area contributed by atoms with Gasteiger partial charge in [0.1, 0.15) is 0 Å². The number of rotatable bonds is 1. The second kappa shape index (κ2) is 3.39. The van der Waals surface area contributed by atoms with Gasteiger partial charge in [0.05, 0.1) is 6.07 Å². The normalized spacial score (nSPS) is 17.3. The standard InChI is InChI=1S/C10H13N/c1-8(2)10-5-3-9(7-11)4-6-10/h3,5,8H,4,6H2,1-2H3. The first-order chi connectivity index (χ1) is 5.24. The molecule has 0 N–H and O–H groups in total. The molecule has 0 spiro atoms. The maximum atomic E-state index is 8.57. The van der Waals surface area contributed by atoms with Crippen molar-refractivity contribution in [2.24, 2.45) is 5.92 Å². The second-order valence-electron chi connectivity index (χ2n) is 3.20. The molecule has 0 saturated heterocycles. The zero-order valence-electron chi connectivity index (χ0n) is 7.09. The molecule has 0 amide bonds. The average molecular weight is 147 g/mol. The summed E-state index contributed by atoms with van der Waals surface area (Å²) in [6.07, 6.45) is 6.03. The number of hydrogen-bond acceptors (Lipinski definition) is 1. The van der Waals surface area contributed by atoms with Gasteiger partial charge in [0.25, 0.3) is 0 Å². The van der Waals surface area contributed by atoms with Crippen LogP contribution in [0.15, 0.2) is 23.3 Å². The molecule has 0 aliphatic heterocycles. The lowest BCUT2D eigenvalue weighted by Gasteiger charge is -2.13. The van der Waals surface area contributed by atoms with Crippen LogP contribution in [0, 0.1) is 17.2 Å². The Morgan fingerprint density at radius 1 is 1.36 bits per heavy atom. The van der Waals surface area contributed by atoms with Gasteiger partial charge in [-0.1, -0.05) is 25.5 Å². The van der Waals surface area contributed by atoms with Gasteiger partial charge in [-0.25, -0.2) is 0 Å². The molecule has 1 heteroatoms. The molecule has 11 heavy (non-hydrogen) atoms. The topological polar surface area (TPSA) is 23.8 Å². The number of nitriles is 1. The highest BCUT2D eigenvalue weighted by atomic mass is 14.3. The van der Waals surface area contributed by atoms with E-state index in [0.29, 0.717) is 5.92 Å². The van der Waals surface area contributed by atoms with Crippen molar-refractivity contribution < 1.29 is 0 Å². The molecule has 0 atom stereocenters. The Kier molecular flexibility index (Phi) is 2.48. The molecule has 0 heterocycles. The molecule has 1 aliphatic rings. The van der Waals surface area contributed by atoms with Gasteiger partial charge in [-0.2, -0.15) is 5.26 Å². The maximum absolute atomic E-state index is 8.57. The third kappa shape index (κ3) is 1.94. The molecule has 0 aromatic rings. The summed E-state index contributed by atoms with van der Waals surface area (Å²) in [5, 5.41) is 8.57. The van der Waals surface area contributed by atoms with Crippen molar-refractivity contribution >= 4 is 0 Å². The van der Waals surface area contributed by atoms with Crippen LogP contribution in [0.3, 0.4) is 0 Å². The van der Waals surface area contributed by atoms with Gasteiger partial charge in [-0.15, -0.1) is 0 Å². The predicted molar refractivity (Wildman–Crippen MR) is 45.9 cm³/mol. The molecule has 0 fully saturated rings. The minimum Gasteiger partial charge on any atom is -0.193 e. The van der Waals surface area contributed by atoms with E-state index in [-0.39, 0.29) is 0 Å². The summed E-state index contributed by atoms with van der Waals surface area (Å²) in [5.41, 5.74) is 2.37. The van der Waals surface area contributed by atoms with Crippen molar-refractivity contribution in [1.82, 2.24) is 0 Å². The summed E-state index contributed by atoms with van der Waals surface area (Å²) in [6.45, 7) is 4.38. The molecule has 0 unspecified atom stereocenters. The van der Waals surface area contributed by atoms with Crippen LogP contribution < -0.4 is 0 Å². The van der Waals surface area contributed by atoms with Crippen molar-refractivity contribution in [3.8, 4) is 6.07 Å². The fourth-order valence-electron chi connectivity index (χ4n) is 1.23. The van der Waals surface area contributed by atoms with Crippen LogP contribution in [0.25, 0.3) is 0 Å². The van der Waals surface area contributed by atoms with Crippen LogP contribution in [-0.4, -0.2) is 0 Å². The summed E-state index contributed by atoms with van der Waals surface area (Å²) in [4.78, 5) is 0. The summed E-state index contributed by atoms with van der Waals surface area (Å²) in [5.74, 6) is 0.631. The highest BCUT2D eigenvalue weighted by molar-refractivity contribution is 5.32. The molecule has 0 saturated carbocycles. The van der Waals surface area contributed by atoms with Gasteiger partial charge in [0, 0.05) is 5.57 Å². The molecule has 1 aliphatic carbocycles. The molecule has 0 radical (unpaired) electrons. The Morgan fingerprint density at radius 3 is 2.45 bits per heavy atom. The second-order valence-corrected chi connectivity index (χ2v) is 3.20. The van der Waals surface area contributed by atoms with Crippen LogP contribution in [-0.2, 0) is 0 Å². The SMILES string of the molecule is CC(C)C1=CC=C(C#N)CC1.